The molecule has 1 saturated heterocycles. The first-order valence-electron chi connectivity index (χ1n) is 6.61. The molecule has 1 fully saturated rings. The lowest BCUT2D eigenvalue weighted by molar-refractivity contribution is 0.0764. The summed E-state index contributed by atoms with van der Waals surface area (Å²) in [6.45, 7) is 0.492. The Kier molecular flexibility index (Phi) is 3.51. The third-order valence-corrected chi connectivity index (χ3v) is 4.98. The fourth-order valence-corrected chi connectivity index (χ4v) is 3.44. The van der Waals surface area contributed by atoms with E-state index in [9.17, 15) is 12.8 Å². The van der Waals surface area contributed by atoms with E-state index in [1.54, 1.807) is 12.1 Å². The number of aliphatic hydroxyl groups is 1. The summed E-state index contributed by atoms with van der Waals surface area (Å²) in [4.78, 5) is 0. The van der Waals surface area contributed by atoms with Gasteiger partial charge in [-0.3, -0.25) is 0 Å². The van der Waals surface area contributed by atoms with Crippen molar-refractivity contribution in [2.45, 2.75) is 12.5 Å². The van der Waals surface area contributed by atoms with Crippen molar-refractivity contribution in [1.82, 2.24) is 4.31 Å². The number of rotatable bonds is 4. The van der Waals surface area contributed by atoms with Crippen LogP contribution in [0.15, 0.2) is 17.7 Å². The fraction of sp³-hybridized carbons (Fsp3) is 0.429. The van der Waals surface area contributed by atoms with Gasteiger partial charge in [0.2, 0.25) is 10.0 Å². The molecule has 0 spiro atoms. The molecule has 0 unspecified atom stereocenters. The Balaban J connectivity index is 1.69. The van der Waals surface area contributed by atoms with E-state index in [0.29, 0.717) is 17.7 Å². The molecule has 1 aromatic carbocycles. The zero-order valence-corrected chi connectivity index (χ0v) is 12.4. The second-order valence-corrected chi connectivity index (χ2v) is 7.42. The highest BCUT2D eigenvalue weighted by atomic mass is 32.2. The van der Waals surface area contributed by atoms with Gasteiger partial charge in [-0.15, -0.1) is 0 Å². The first-order chi connectivity index (χ1) is 9.86. The van der Waals surface area contributed by atoms with Gasteiger partial charge >= 0.3 is 0 Å². The number of hydrogen-bond acceptors (Lipinski definition) is 4. The van der Waals surface area contributed by atoms with Crippen LogP contribution in [0.1, 0.15) is 11.1 Å². The third-order valence-electron chi connectivity index (χ3n) is 3.74. The van der Waals surface area contributed by atoms with Crippen LogP contribution in [0.25, 0.3) is 6.08 Å². The summed E-state index contributed by atoms with van der Waals surface area (Å²) in [5.41, 5.74) is 2.05. The first-order valence-corrected chi connectivity index (χ1v) is 8.46. The average Bonchev–Trinajstić information content (AvgIpc) is 2.75. The molecule has 7 heteroatoms. The van der Waals surface area contributed by atoms with Crippen LogP contribution in [0.2, 0.25) is 0 Å². The zero-order valence-electron chi connectivity index (χ0n) is 11.5. The summed E-state index contributed by atoms with van der Waals surface area (Å²) in [6.07, 6.45) is 3.08. The highest BCUT2D eigenvalue weighted by molar-refractivity contribution is 7.88. The van der Waals surface area contributed by atoms with Crippen LogP contribution in [0.5, 0.6) is 5.75 Å². The molecule has 2 aliphatic rings. The predicted molar refractivity (Wildman–Crippen MR) is 76.0 cm³/mol. The summed E-state index contributed by atoms with van der Waals surface area (Å²) in [7, 11) is -3.18. The monoisotopic (exact) mass is 313 g/mol. The SMILES string of the molecule is CS(=O)(=O)N1CC(Oc2cc(F)c3c(c2)CC(CO)=C3)C1. The van der Waals surface area contributed by atoms with E-state index in [1.165, 1.54) is 10.4 Å². The van der Waals surface area contributed by atoms with Crippen LogP contribution < -0.4 is 4.74 Å². The molecule has 0 bridgehead atoms. The van der Waals surface area contributed by atoms with E-state index in [1.807, 2.05) is 0 Å². The van der Waals surface area contributed by atoms with Crippen LogP contribution in [-0.2, 0) is 16.4 Å². The lowest BCUT2D eigenvalue weighted by Gasteiger charge is -2.37. The van der Waals surface area contributed by atoms with Crippen molar-refractivity contribution in [3.05, 3.63) is 34.6 Å². The minimum Gasteiger partial charge on any atom is -0.488 e. The van der Waals surface area contributed by atoms with Gasteiger partial charge in [-0.25, -0.2) is 12.8 Å². The third kappa shape index (κ3) is 2.81. The van der Waals surface area contributed by atoms with E-state index in [2.05, 4.69) is 0 Å². The molecule has 0 atom stereocenters. The van der Waals surface area contributed by atoms with Gasteiger partial charge in [0, 0.05) is 11.6 Å². The second kappa shape index (κ2) is 5.08. The standard InChI is InChI=1S/C14H16FNO4S/c1-21(18,19)16-6-12(7-16)20-11-4-10-2-9(8-17)3-13(10)14(15)5-11/h3-5,12,17H,2,6-8H2,1H3. The van der Waals surface area contributed by atoms with E-state index >= 15 is 0 Å². The molecule has 3 rings (SSSR count). The number of fused-ring (bicyclic) bond motifs is 1. The highest BCUT2D eigenvalue weighted by Crippen LogP contribution is 2.32. The number of ether oxygens (including phenoxy) is 1. The van der Waals surface area contributed by atoms with Crippen LogP contribution in [0, 0.1) is 5.82 Å². The Labute approximate surface area is 122 Å². The highest BCUT2D eigenvalue weighted by Gasteiger charge is 2.35. The Hall–Kier alpha value is -1.44. The average molecular weight is 313 g/mol. The first kappa shape index (κ1) is 14.5. The number of aliphatic hydroxyl groups excluding tert-OH is 1. The fourth-order valence-electron chi connectivity index (χ4n) is 2.56. The van der Waals surface area contributed by atoms with Gasteiger partial charge in [-0.2, -0.15) is 4.31 Å². The van der Waals surface area contributed by atoms with Gasteiger partial charge in [-0.1, -0.05) is 0 Å². The number of benzene rings is 1. The van der Waals surface area contributed by atoms with Gasteiger partial charge in [0.05, 0.1) is 26.0 Å². The summed E-state index contributed by atoms with van der Waals surface area (Å²) in [6, 6.07) is 3.05. The Morgan fingerprint density at radius 1 is 1.43 bits per heavy atom. The Morgan fingerprint density at radius 2 is 2.14 bits per heavy atom. The molecule has 21 heavy (non-hydrogen) atoms. The second-order valence-electron chi connectivity index (χ2n) is 5.44. The van der Waals surface area contributed by atoms with E-state index < -0.39 is 10.0 Å². The van der Waals surface area contributed by atoms with Crippen molar-refractivity contribution in [2.75, 3.05) is 26.0 Å². The molecule has 0 amide bonds. The van der Waals surface area contributed by atoms with E-state index in [4.69, 9.17) is 9.84 Å². The number of sulfonamides is 1. The summed E-state index contributed by atoms with van der Waals surface area (Å²) >= 11 is 0. The zero-order chi connectivity index (χ0) is 15.2. The lowest BCUT2D eigenvalue weighted by Crippen LogP contribution is -2.55. The smallest absolute Gasteiger partial charge is 0.211 e. The molecule has 1 heterocycles. The van der Waals surface area contributed by atoms with Gasteiger partial charge < -0.3 is 9.84 Å². The largest absolute Gasteiger partial charge is 0.488 e. The van der Waals surface area contributed by atoms with Crippen molar-refractivity contribution >= 4 is 16.1 Å². The molecule has 1 aliphatic heterocycles. The molecule has 1 aliphatic carbocycles. The van der Waals surface area contributed by atoms with Crippen LogP contribution in [0.3, 0.4) is 0 Å². The molecule has 0 saturated carbocycles. The van der Waals surface area contributed by atoms with Gasteiger partial charge in [0.1, 0.15) is 17.7 Å². The van der Waals surface area contributed by atoms with Crippen molar-refractivity contribution < 1.29 is 22.7 Å². The van der Waals surface area contributed by atoms with Crippen LogP contribution >= 0.6 is 0 Å². The van der Waals surface area contributed by atoms with Crippen molar-refractivity contribution in [2.24, 2.45) is 0 Å². The summed E-state index contributed by atoms with van der Waals surface area (Å²) in [5.74, 6) is 0.0160. The quantitative estimate of drug-likeness (QED) is 0.892. The van der Waals surface area contributed by atoms with Crippen molar-refractivity contribution in [3.8, 4) is 5.75 Å². The minimum absolute atomic E-state index is 0.0870. The molecular formula is C14H16FNO4S. The molecule has 0 radical (unpaired) electrons. The Bertz CT molecular complexity index is 708. The maximum Gasteiger partial charge on any atom is 0.211 e. The van der Waals surface area contributed by atoms with Crippen molar-refractivity contribution in [1.29, 1.82) is 0 Å². The summed E-state index contributed by atoms with van der Waals surface area (Å²) in [5, 5.41) is 9.11. The molecule has 114 valence electrons. The normalized spacial score (nSPS) is 19.1. The van der Waals surface area contributed by atoms with Gasteiger partial charge in [-0.05, 0) is 29.7 Å². The van der Waals surface area contributed by atoms with Crippen LogP contribution in [-0.4, -0.2) is 49.9 Å². The topological polar surface area (TPSA) is 66.8 Å². The van der Waals surface area contributed by atoms with Gasteiger partial charge in [0.25, 0.3) is 0 Å². The minimum atomic E-state index is -3.18. The van der Waals surface area contributed by atoms with Crippen LogP contribution in [0.4, 0.5) is 4.39 Å². The maximum atomic E-state index is 14.0. The lowest BCUT2D eigenvalue weighted by atomic mass is 10.1. The number of nitrogens with zero attached hydrogens (tertiary/aromatic N) is 1. The number of halogens is 1. The molecule has 1 N–H and O–H groups in total. The maximum absolute atomic E-state index is 14.0. The summed E-state index contributed by atoms with van der Waals surface area (Å²) < 4.78 is 43.5. The molecule has 0 aromatic heterocycles. The van der Waals surface area contributed by atoms with E-state index in [0.717, 1.165) is 17.4 Å². The van der Waals surface area contributed by atoms with Crippen molar-refractivity contribution in [3.63, 3.8) is 0 Å². The number of hydrogen-bond donors (Lipinski definition) is 1. The molecular weight excluding hydrogens is 297 g/mol. The van der Waals surface area contributed by atoms with Gasteiger partial charge in [0.15, 0.2) is 0 Å². The predicted octanol–water partition coefficient (Wildman–Crippen LogP) is 0.780. The van der Waals surface area contributed by atoms with E-state index in [-0.39, 0.29) is 31.6 Å². The molecule has 1 aromatic rings. The molecule has 5 nitrogen and oxygen atoms in total. The Morgan fingerprint density at radius 3 is 2.76 bits per heavy atom.